The molecule has 0 aromatic rings. The number of amides is 1. The van der Waals surface area contributed by atoms with Crippen molar-refractivity contribution < 1.29 is 4.79 Å². The summed E-state index contributed by atoms with van der Waals surface area (Å²) in [5, 5.41) is 0. The molecule has 118 valence electrons. The molecule has 0 radical (unpaired) electrons. The summed E-state index contributed by atoms with van der Waals surface area (Å²) in [5.74, 6) is 1.33. The third-order valence-corrected chi connectivity index (χ3v) is 4.88. The maximum Gasteiger partial charge on any atom is 0.226 e. The van der Waals surface area contributed by atoms with Crippen LogP contribution in [0.4, 0.5) is 0 Å². The van der Waals surface area contributed by atoms with Gasteiger partial charge in [-0.15, -0.1) is 0 Å². The van der Waals surface area contributed by atoms with Crippen LogP contribution < -0.4 is 0 Å². The second-order valence-corrected chi connectivity index (χ2v) is 7.86. The van der Waals surface area contributed by atoms with Gasteiger partial charge in [0.1, 0.15) is 0 Å². The molecule has 1 unspecified atom stereocenters. The van der Waals surface area contributed by atoms with Crippen molar-refractivity contribution in [3.05, 3.63) is 23.3 Å². The molecule has 21 heavy (non-hydrogen) atoms. The molecule has 2 rings (SSSR count). The van der Waals surface area contributed by atoms with Crippen LogP contribution in [0, 0.1) is 11.8 Å². The summed E-state index contributed by atoms with van der Waals surface area (Å²) in [6.45, 7) is 11.7. The first-order valence-electron chi connectivity index (χ1n) is 8.43. The highest BCUT2D eigenvalue weighted by atomic mass is 16.2. The Kier molecular flexibility index (Phi) is 4.95. The lowest BCUT2D eigenvalue weighted by molar-refractivity contribution is -0.136. The number of hydrogen-bond acceptors (Lipinski definition) is 1. The number of nitrogens with zero attached hydrogens (tertiary/aromatic N) is 1. The highest BCUT2D eigenvalue weighted by molar-refractivity contribution is 5.81. The van der Waals surface area contributed by atoms with E-state index in [9.17, 15) is 4.79 Å². The Labute approximate surface area is 130 Å². The van der Waals surface area contributed by atoms with Crippen molar-refractivity contribution in [3.8, 4) is 0 Å². The number of carbonyl (C=O) groups is 1. The Balaban J connectivity index is 2.00. The molecule has 0 aromatic carbocycles. The van der Waals surface area contributed by atoms with E-state index in [-0.39, 0.29) is 5.54 Å². The molecule has 1 amide bonds. The van der Waals surface area contributed by atoms with E-state index in [1.165, 1.54) is 30.4 Å². The zero-order valence-electron chi connectivity index (χ0n) is 14.4. The quantitative estimate of drug-likeness (QED) is 0.686. The fraction of sp³-hybridized carbons (Fsp3) is 0.737. The van der Waals surface area contributed by atoms with E-state index >= 15 is 0 Å². The topological polar surface area (TPSA) is 20.3 Å². The average Bonchev–Trinajstić information content (AvgIpc) is 3.22. The molecule has 0 heterocycles. The van der Waals surface area contributed by atoms with E-state index in [0.29, 0.717) is 17.7 Å². The van der Waals surface area contributed by atoms with E-state index in [1.807, 2.05) is 0 Å². The van der Waals surface area contributed by atoms with Gasteiger partial charge in [-0.1, -0.05) is 23.3 Å². The number of hydrogen-bond donors (Lipinski definition) is 0. The average molecular weight is 289 g/mol. The van der Waals surface area contributed by atoms with Crippen LogP contribution in [-0.4, -0.2) is 22.9 Å². The van der Waals surface area contributed by atoms with Gasteiger partial charge < -0.3 is 4.90 Å². The highest BCUT2D eigenvalue weighted by Gasteiger charge is 2.37. The molecule has 2 aliphatic carbocycles. The Hall–Kier alpha value is -1.05. The van der Waals surface area contributed by atoms with Crippen LogP contribution in [0.5, 0.6) is 0 Å². The molecule has 0 saturated heterocycles. The minimum atomic E-state index is -0.0838. The van der Waals surface area contributed by atoms with Crippen molar-refractivity contribution in [1.82, 2.24) is 4.90 Å². The molecule has 0 aliphatic heterocycles. The number of rotatable bonds is 4. The zero-order chi connectivity index (χ0) is 15.6. The predicted molar refractivity (Wildman–Crippen MR) is 89.0 cm³/mol. The second-order valence-electron chi connectivity index (χ2n) is 7.86. The van der Waals surface area contributed by atoms with Crippen LogP contribution in [0.1, 0.15) is 66.7 Å². The normalized spacial score (nSPS) is 23.8. The summed E-state index contributed by atoms with van der Waals surface area (Å²) in [6, 6.07) is 0. The van der Waals surface area contributed by atoms with E-state index < -0.39 is 0 Å². The van der Waals surface area contributed by atoms with Gasteiger partial charge in [0.05, 0.1) is 0 Å². The molecule has 0 aromatic heterocycles. The van der Waals surface area contributed by atoms with Crippen molar-refractivity contribution >= 4 is 5.91 Å². The molecule has 1 fully saturated rings. The van der Waals surface area contributed by atoms with E-state index in [2.05, 4.69) is 51.7 Å². The van der Waals surface area contributed by atoms with Crippen LogP contribution in [0.15, 0.2) is 23.3 Å². The Morgan fingerprint density at radius 1 is 1.29 bits per heavy atom. The summed E-state index contributed by atoms with van der Waals surface area (Å²) in [7, 11) is 0. The van der Waals surface area contributed by atoms with Crippen LogP contribution in [0.3, 0.4) is 0 Å². The lowest BCUT2D eigenvalue weighted by Gasteiger charge is -2.35. The number of allylic oxidation sites excluding steroid dienone is 3. The molecule has 0 spiro atoms. The van der Waals surface area contributed by atoms with E-state index in [1.54, 1.807) is 0 Å². The van der Waals surface area contributed by atoms with Crippen LogP contribution in [0.2, 0.25) is 0 Å². The lowest BCUT2D eigenvalue weighted by Crippen LogP contribution is -2.46. The second kappa shape index (κ2) is 6.37. The Bertz CT molecular complexity index is 449. The first-order chi connectivity index (χ1) is 9.79. The Morgan fingerprint density at radius 3 is 2.43 bits per heavy atom. The van der Waals surface area contributed by atoms with Gasteiger partial charge in [-0.25, -0.2) is 0 Å². The molecule has 2 aliphatic rings. The van der Waals surface area contributed by atoms with Crippen LogP contribution in [0.25, 0.3) is 0 Å². The van der Waals surface area contributed by atoms with Crippen molar-refractivity contribution in [3.63, 3.8) is 0 Å². The Morgan fingerprint density at radius 2 is 1.95 bits per heavy atom. The fourth-order valence-corrected chi connectivity index (χ4v) is 3.03. The molecular formula is C19H31NO. The minimum Gasteiger partial charge on any atom is -0.334 e. The molecule has 1 saturated carbocycles. The van der Waals surface area contributed by atoms with Gasteiger partial charge in [0.2, 0.25) is 5.91 Å². The third-order valence-electron chi connectivity index (χ3n) is 4.88. The fourth-order valence-electron chi connectivity index (χ4n) is 3.03. The van der Waals surface area contributed by atoms with Crippen molar-refractivity contribution in [2.24, 2.45) is 11.8 Å². The van der Waals surface area contributed by atoms with Crippen molar-refractivity contribution in [2.45, 2.75) is 72.3 Å². The monoisotopic (exact) mass is 289 g/mol. The predicted octanol–water partition coefficient (Wildman–Crippen LogP) is 4.72. The smallest absolute Gasteiger partial charge is 0.226 e. The van der Waals surface area contributed by atoms with Crippen LogP contribution >= 0.6 is 0 Å². The van der Waals surface area contributed by atoms with Gasteiger partial charge in [0.25, 0.3) is 0 Å². The lowest BCUT2D eigenvalue weighted by atomic mass is 9.85. The summed E-state index contributed by atoms with van der Waals surface area (Å²) in [6.07, 6.45) is 10.5. The molecule has 0 N–H and O–H groups in total. The van der Waals surface area contributed by atoms with Gasteiger partial charge >= 0.3 is 0 Å². The molecule has 2 nitrogen and oxygen atoms in total. The summed E-state index contributed by atoms with van der Waals surface area (Å²) >= 11 is 0. The van der Waals surface area contributed by atoms with E-state index in [0.717, 1.165) is 19.4 Å². The van der Waals surface area contributed by atoms with Crippen molar-refractivity contribution in [1.29, 1.82) is 0 Å². The molecule has 0 bridgehead atoms. The molecule has 1 atom stereocenters. The summed E-state index contributed by atoms with van der Waals surface area (Å²) in [5.41, 5.74) is 2.90. The van der Waals surface area contributed by atoms with Gasteiger partial charge in [-0.2, -0.15) is 0 Å². The molecular weight excluding hydrogens is 258 g/mol. The first-order valence-corrected chi connectivity index (χ1v) is 8.43. The van der Waals surface area contributed by atoms with Gasteiger partial charge in [0.15, 0.2) is 0 Å². The van der Waals surface area contributed by atoms with Crippen LogP contribution in [-0.2, 0) is 4.79 Å². The maximum absolute atomic E-state index is 12.5. The third kappa shape index (κ3) is 4.46. The SMILES string of the molecule is CC1=CCC(/C(C)=C/CN(C(=O)C2CC2)C(C)(C)C)CC1. The van der Waals surface area contributed by atoms with Gasteiger partial charge in [-0.05, 0) is 72.6 Å². The first kappa shape index (κ1) is 16.3. The summed E-state index contributed by atoms with van der Waals surface area (Å²) < 4.78 is 0. The van der Waals surface area contributed by atoms with Crippen molar-refractivity contribution in [2.75, 3.05) is 6.54 Å². The summed E-state index contributed by atoms with van der Waals surface area (Å²) in [4.78, 5) is 14.5. The van der Waals surface area contributed by atoms with Gasteiger partial charge in [0, 0.05) is 18.0 Å². The maximum atomic E-state index is 12.5. The van der Waals surface area contributed by atoms with Gasteiger partial charge in [-0.3, -0.25) is 4.79 Å². The number of carbonyl (C=O) groups excluding carboxylic acids is 1. The van der Waals surface area contributed by atoms with E-state index in [4.69, 9.17) is 0 Å². The molecule has 2 heteroatoms. The zero-order valence-corrected chi connectivity index (χ0v) is 14.4. The minimum absolute atomic E-state index is 0.0838. The standard InChI is InChI=1S/C19H31NO/c1-14-6-8-16(9-7-14)15(2)12-13-20(19(3,4)5)18(21)17-10-11-17/h6,12,16-17H,7-11,13H2,1-5H3/b15-12+. The highest BCUT2D eigenvalue weighted by Crippen LogP contribution is 2.34. The largest absolute Gasteiger partial charge is 0.334 e.